The summed E-state index contributed by atoms with van der Waals surface area (Å²) in [7, 11) is 1.45. The van der Waals surface area contributed by atoms with Crippen molar-refractivity contribution in [1.82, 2.24) is 0 Å². The number of hydrogen-bond acceptors (Lipinski definition) is 2. The molecule has 19 heavy (non-hydrogen) atoms. The average molecular weight is 256 g/mol. The third kappa shape index (κ3) is 3.28. The summed E-state index contributed by atoms with van der Waals surface area (Å²) in [5.41, 5.74) is 0.928. The summed E-state index contributed by atoms with van der Waals surface area (Å²) in [6.45, 7) is 0. The Bertz CT molecular complexity index is 603. The number of benzene rings is 2. The van der Waals surface area contributed by atoms with Crippen molar-refractivity contribution < 1.29 is 13.9 Å². The molecule has 2 rings (SSSR count). The van der Waals surface area contributed by atoms with Gasteiger partial charge in [-0.15, -0.1) is 0 Å². The molecule has 0 amide bonds. The normalized spacial score (nSPS) is 10.6. The molecule has 0 heterocycles. The van der Waals surface area contributed by atoms with Gasteiger partial charge in [0.25, 0.3) is 0 Å². The highest BCUT2D eigenvalue weighted by molar-refractivity contribution is 6.07. The number of allylic oxidation sites excluding steroid dienone is 1. The summed E-state index contributed by atoms with van der Waals surface area (Å²) in [6, 6.07) is 13.6. The molecule has 0 spiro atoms. The van der Waals surface area contributed by atoms with E-state index in [9.17, 15) is 9.18 Å². The van der Waals surface area contributed by atoms with Gasteiger partial charge in [-0.05, 0) is 23.8 Å². The number of carbonyl (C=O) groups excluding carboxylic acids is 1. The van der Waals surface area contributed by atoms with Gasteiger partial charge in [0.15, 0.2) is 5.78 Å². The van der Waals surface area contributed by atoms with E-state index in [1.54, 1.807) is 12.1 Å². The Hall–Kier alpha value is -2.42. The Balaban J connectivity index is 2.19. The van der Waals surface area contributed by atoms with Crippen molar-refractivity contribution in [2.24, 2.45) is 0 Å². The van der Waals surface area contributed by atoms with Gasteiger partial charge in [-0.25, -0.2) is 4.39 Å². The summed E-state index contributed by atoms with van der Waals surface area (Å²) in [5, 5.41) is 0. The fraction of sp³-hybridized carbons (Fsp3) is 0.0625. The van der Waals surface area contributed by atoms with Crippen LogP contribution in [0.25, 0.3) is 6.08 Å². The topological polar surface area (TPSA) is 26.3 Å². The lowest BCUT2D eigenvalue weighted by Crippen LogP contribution is -1.99. The van der Waals surface area contributed by atoms with Crippen LogP contribution in [-0.2, 0) is 0 Å². The second-order valence-electron chi connectivity index (χ2n) is 3.95. The highest BCUT2D eigenvalue weighted by Crippen LogP contribution is 2.17. The van der Waals surface area contributed by atoms with Crippen molar-refractivity contribution in [2.75, 3.05) is 7.11 Å². The molecule has 0 aliphatic heterocycles. The van der Waals surface area contributed by atoms with Crippen LogP contribution in [0.1, 0.15) is 15.9 Å². The summed E-state index contributed by atoms with van der Waals surface area (Å²) in [5.74, 6) is -0.563. The lowest BCUT2D eigenvalue weighted by molar-refractivity contribution is 0.104. The van der Waals surface area contributed by atoms with Gasteiger partial charge >= 0.3 is 0 Å². The molecule has 0 radical (unpaired) electrons. The van der Waals surface area contributed by atoms with E-state index < -0.39 is 5.82 Å². The maximum atomic E-state index is 13.7. The third-order valence-electron chi connectivity index (χ3n) is 2.67. The average Bonchev–Trinajstić information content (AvgIpc) is 2.45. The summed E-state index contributed by atoms with van der Waals surface area (Å²) in [6.07, 6.45) is 3.02. The third-order valence-corrected chi connectivity index (χ3v) is 2.67. The monoisotopic (exact) mass is 256 g/mol. The Morgan fingerprint density at radius 1 is 1.16 bits per heavy atom. The molecule has 2 nitrogen and oxygen atoms in total. The quantitative estimate of drug-likeness (QED) is 0.615. The van der Waals surface area contributed by atoms with Gasteiger partial charge in [-0.1, -0.05) is 36.4 Å². The Kier molecular flexibility index (Phi) is 4.08. The molecule has 0 bridgehead atoms. The number of ketones is 1. The fourth-order valence-corrected chi connectivity index (χ4v) is 1.65. The number of carbonyl (C=O) groups is 1. The van der Waals surface area contributed by atoms with Gasteiger partial charge in [-0.2, -0.15) is 0 Å². The predicted octanol–water partition coefficient (Wildman–Crippen LogP) is 3.73. The minimum absolute atomic E-state index is 0.0352. The molecule has 0 aliphatic rings. The van der Waals surface area contributed by atoms with Gasteiger partial charge < -0.3 is 4.74 Å². The minimum Gasteiger partial charge on any atom is -0.497 e. The summed E-state index contributed by atoms with van der Waals surface area (Å²) in [4.78, 5) is 11.9. The predicted molar refractivity (Wildman–Crippen MR) is 72.8 cm³/mol. The zero-order valence-corrected chi connectivity index (χ0v) is 10.5. The van der Waals surface area contributed by atoms with Crippen LogP contribution in [0, 0.1) is 5.82 Å². The minimum atomic E-state index is -0.581. The van der Waals surface area contributed by atoms with Crippen molar-refractivity contribution in [3.8, 4) is 5.75 Å². The van der Waals surface area contributed by atoms with E-state index in [-0.39, 0.29) is 11.3 Å². The number of methoxy groups -OCH3 is 1. The maximum absolute atomic E-state index is 13.7. The SMILES string of the molecule is COc1ccc(C(=O)/C=C/c2ccccc2)c(F)c1. The number of rotatable bonds is 4. The first kappa shape index (κ1) is 13.0. The first-order valence-corrected chi connectivity index (χ1v) is 5.81. The van der Waals surface area contributed by atoms with Gasteiger partial charge in [0, 0.05) is 6.07 Å². The molecule has 0 N–H and O–H groups in total. The van der Waals surface area contributed by atoms with E-state index in [0.717, 1.165) is 5.56 Å². The molecular weight excluding hydrogens is 243 g/mol. The molecule has 0 saturated heterocycles. The lowest BCUT2D eigenvalue weighted by Gasteiger charge is -2.02. The van der Waals surface area contributed by atoms with Crippen LogP contribution in [-0.4, -0.2) is 12.9 Å². The van der Waals surface area contributed by atoms with E-state index >= 15 is 0 Å². The van der Waals surface area contributed by atoms with Crippen LogP contribution in [0.5, 0.6) is 5.75 Å². The van der Waals surface area contributed by atoms with Crippen LogP contribution in [0.4, 0.5) is 4.39 Å². The smallest absolute Gasteiger partial charge is 0.188 e. The molecule has 2 aromatic rings. The fourth-order valence-electron chi connectivity index (χ4n) is 1.65. The van der Waals surface area contributed by atoms with Gasteiger partial charge in [-0.3, -0.25) is 4.79 Å². The van der Waals surface area contributed by atoms with E-state index in [1.807, 2.05) is 30.3 Å². The number of ether oxygens (including phenoxy) is 1. The lowest BCUT2D eigenvalue weighted by atomic mass is 10.1. The first-order valence-electron chi connectivity index (χ1n) is 5.81. The van der Waals surface area contributed by atoms with Crippen LogP contribution in [0.15, 0.2) is 54.6 Å². The van der Waals surface area contributed by atoms with E-state index in [2.05, 4.69) is 0 Å². The van der Waals surface area contributed by atoms with Gasteiger partial charge in [0.2, 0.25) is 0 Å². The van der Waals surface area contributed by atoms with Crippen LogP contribution in [0.2, 0.25) is 0 Å². The van der Waals surface area contributed by atoms with Crippen molar-refractivity contribution in [1.29, 1.82) is 0 Å². The zero-order chi connectivity index (χ0) is 13.7. The van der Waals surface area contributed by atoms with Crippen LogP contribution >= 0.6 is 0 Å². The maximum Gasteiger partial charge on any atom is 0.188 e. The standard InChI is InChI=1S/C16H13FO2/c1-19-13-8-9-14(15(17)11-13)16(18)10-7-12-5-3-2-4-6-12/h2-11H,1H3/b10-7+. The molecule has 0 atom stereocenters. The molecule has 0 fully saturated rings. The van der Waals surface area contributed by atoms with Crippen molar-refractivity contribution in [3.63, 3.8) is 0 Å². The Morgan fingerprint density at radius 2 is 1.89 bits per heavy atom. The zero-order valence-electron chi connectivity index (χ0n) is 10.5. The molecule has 2 aromatic carbocycles. The molecule has 0 aliphatic carbocycles. The van der Waals surface area contributed by atoms with Gasteiger partial charge in [0.1, 0.15) is 11.6 Å². The van der Waals surface area contributed by atoms with E-state index in [0.29, 0.717) is 5.75 Å². The van der Waals surface area contributed by atoms with Crippen molar-refractivity contribution >= 4 is 11.9 Å². The van der Waals surface area contributed by atoms with Crippen LogP contribution < -0.4 is 4.74 Å². The molecule has 0 unspecified atom stereocenters. The van der Waals surface area contributed by atoms with Gasteiger partial charge in [0.05, 0.1) is 12.7 Å². The van der Waals surface area contributed by atoms with Crippen molar-refractivity contribution in [2.45, 2.75) is 0 Å². The largest absolute Gasteiger partial charge is 0.497 e. The van der Waals surface area contributed by atoms with Crippen LogP contribution in [0.3, 0.4) is 0 Å². The number of halogens is 1. The highest BCUT2D eigenvalue weighted by Gasteiger charge is 2.09. The second kappa shape index (κ2) is 5.96. The number of hydrogen-bond donors (Lipinski definition) is 0. The molecule has 3 heteroatoms. The molecule has 96 valence electrons. The van der Waals surface area contributed by atoms with Crippen molar-refractivity contribution in [3.05, 3.63) is 71.6 Å². The summed E-state index contributed by atoms with van der Waals surface area (Å²) >= 11 is 0. The molecule has 0 saturated carbocycles. The van der Waals surface area contributed by atoms with E-state index in [4.69, 9.17) is 4.74 Å². The molecule has 0 aromatic heterocycles. The molecular formula is C16H13FO2. The van der Waals surface area contributed by atoms with E-state index in [1.165, 1.54) is 25.3 Å². The second-order valence-corrected chi connectivity index (χ2v) is 3.95. The highest BCUT2D eigenvalue weighted by atomic mass is 19.1. The Morgan fingerprint density at radius 3 is 2.53 bits per heavy atom. The first-order chi connectivity index (χ1) is 9.20. The summed E-state index contributed by atoms with van der Waals surface area (Å²) < 4.78 is 18.6. The Labute approximate surface area is 111 Å².